The quantitative estimate of drug-likeness (QED) is 0.919. The zero-order chi connectivity index (χ0) is 17.2. The van der Waals surface area contributed by atoms with Crippen LogP contribution in [0.4, 0.5) is 5.69 Å². The summed E-state index contributed by atoms with van der Waals surface area (Å²) in [4.78, 5) is 12.4. The number of sulfonamides is 1. The predicted octanol–water partition coefficient (Wildman–Crippen LogP) is 3.15. The van der Waals surface area contributed by atoms with E-state index in [2.05, 4.69) is 5.32 Å². The molecule has 5 nitrogen and oxygen atoms in total. The summed E-state index contributed by atoms with van der Waals surface area (Å²) in [6.45, 7) is 1.71. The number of carbonyl (C=O) groups is 1. The molecule has 1 N–H and O–H groups in total. The normalized spacial score (nSPS) is 11.5. The van der Waals surface area contributed by atoms with E-state index < -0.39 is 10.0 Å². The van der Waals surface area contributed by atoms with Gasteiger partial charge >= 0.3 is 0 Å². The molecule has 0 atom stereocenters. The lowest BCUT2D eigenvalue weighted by molar-refractivity contribution is 0.102. The van der Waals surface area contributed by atoms with Crippen LogP contribution in [0.15, 0.2) is 47.4 Å². The first-order valence-corrected chi connectivity index (χ1v) is 8.63. The molecule has 1 amide bonds. The number of hydrogen-bond donors (Lipinski definition) is 1. The van der Waals surface area contributed by atoms with Crippen LogP contribution in [0, 0.1) is 6.92 Å². The number of aryl methyl sites for hydroxylation is 1. The zero-order valence-corrected chi connectivity index (χ0v) is 14.6. The molecule has 0 unspecified atom stereocenters. The number of halogens is 1. The van der Waals surface area contributed by atoms with Gasteiger partial charge in [-0.1, -0.05) is 23.7 Å². The summed E-state index contributed by atoms with van der Waals surface area (Å²) in [7, 11) is -0.648. The Hall–Kier alpha value is -1.89. The fraction of sp³-hybridized carbons (Fsp3) is 0.188. The van der Waals surface area contributed by atoms with Gasteiger partial charge in [0.05, 0.1) is 4.90 Å². The molecular weight excluding hydrogens is 336 g/mol. The van der Waals surface area contributed by atoms with Gasteiger partial charge < -0.3 is 5.32 Å². The second kappa shape index (κ2) is 6.70. The Balaban J connectivity index is 2.34. The van der Waals surface area contributed by atoms with Crippen LogP contribution < -0.4 is 5.32 Å². The summed E-state index contributed by atoms with van der Waals surface area (Å²) in [5.74, 6) is -0.357. The number of hydrogen-bond acceptors (Lipinski definition) is 3. The van der Waals surface area contributed by atoms with Gasteiger partial charge in [-0.15, -0.1) is 0 Å². The number of amides is 1. The molecule has 2 rings (SSSR count). The molecule has 0 fully saturated rings. The highest BCUT2D eigenvalue weighted by molar-refractivity contribution is 7.89. The standard InChI is InChI=1S/C16H17ClN2O3S/c1-11-7-8-14(10-15(11)23(21,22)19(2)3)18-16(20)12-5-4-6-13(17)9-12/h4-10H,1-3H3,(H,18,20). The third-order valence-corrected chi connectivity index (χ3v) is 5.48. The molecule has 0 aliphatic heterocycles. The van der Waals surface area contributed by atoms with Crippen LogP contribution in [0.5, 0.6) is 0 Å². The van der Waals surface area contributed by atoms with Crippen LogP contribution in [0.2, 0.25) is 5.02 Å². The monoisotopic (exact) mass is 352 g/mol. The molecule has 2 aromatic carbocycles. The molecular formula is C16H17ClN2O3S. The summed E-state index contributed by atoms with van der Waals surface area (Å²) in [5.41, 5.74) is 1.41. The fourth-order valence-corrected chi connectivity index (χ4v) is 3.32. The molecule has 0 saturated carbocycles. The van der Waals surface area contributed by atoms with Crippen molar-refractivity contribution in [3.8, 4) is 0 Å². The summed E-state index contributed by atoms with van der Waals surface area (Å²) >= 11 is 5.87. The highest BCUT2D eigenvalue weighted by atomic mass is 35.5. The van der Waals surface area contributed by atoms with Crippen molar-refractivity contribution in [1.82, 2.24) is 4.31 Å². The maximum absolute atomic E-state index is 12.3. The van der Waals surface area contributed by atoms with Crippen molar-refractivity contribution < 1.29 is 13.2 Å². The number of nitrogens with one attached hydrogen (secondary N) is 1. The number of rotatable bonds is 4. The molecule has 7 heteroatoms. The Morgan fingerprint density at radius 3 is 2.43 bits per heavy atom. The van der Waals surface area contributed by atoms with Gasteiger partial charge in [-0.2, -0.15) is 0 Å². The molecule has 0 aromatic heterocycles. The van der Waals surface area contributed by atoms with E-state index in [1.807, 2.05) is 0 Å². The van der Waals surface area contributed by atoms with E-state index in [4.69, 9.17) is 11.6 Å². The smallest absolute Gasteiger partial charge is 0.255 e. The van der Waals surface area contributed by atoms with Gasteiger partial charge in [-0.3, -0.25) is 4.79 Å². The minimum absolute atomic E-state index is 0.159. The molecule has 0 radical (unpaired) electrons. The van der Waals surface area contributed by atoms with Crippen molar-refractivity contribution in [2.45, 2.75) is 11.8 Å². The lowest BCUT2D eigenvalue weighted by Crippen LogP contribution is -2.23. The van der Waals surface area contributed by atoms with E-state index in [1.165, 1.54) is 20.2 Å². The molecule has 0 saturated heterocycles. The molecule has 0 spiro atoms. The highest BCUT2D eigenvalue weighted by Crippen LogP contribution is 2.23. The van der Waals surface area contributed by atoms with E-state index in [-0.39, 0.29) is 10.8 Å². The van der Waals surface area contributed by atoms with Crippen LogP contribution in [0.1, 0.15) is 15.9 Å². The maximum atomic E-state index is 12.3. The topological polar surface area (TPSA) is 66.5 Å². The maximum Gasteiger partial charge on any atom is 0.255 e. The Kier molecular flexibility index (Phi) is 5.09. The lowest BCUT2D eigenvalue weighted by Gasteiger charge is -2.15. The van der Waals surface area contributed by atoms with Gasteiger partial charge in [0.25, 0.3) is 5.91 Å². The van der Waals surface area contributed by atoms with Gasteiger partial charge in [0, 0.05) is 30.4 Å². The summed E-state index contributed by atoms with van der Waals surface area (Å²) in [6, 6.07) is 11.3. The predicted molar refractivity (Wildman–Crippen MR) is 91.5 cm³/mol. The summed E-state index contributed by atoms with van der Waals surface area (Å²) in [6.07, 6.45) is 0. The van der Waals surface area contributed by atoms with E-state index in [1.54, 1.807) is 43.3 Å². The second-order valence-electron chi connectivity index (χ2n) is 5.23. The first kappa shape index (κ1) is 17.5. The van der Waals surface area contributed by atoms with Gasteiger partial charge in [0.15, 0.2) is 0 Å². The molecule has 122 valence electrons. The van der Waals surface area contributed by atoms with Crippen LogP contribution in [0.25, 0.3) is 0 Å². The molecule has 0 heterocycles. The SMILES string of the molecule is Cc1ccc(NC(=O)c2cccc(Cl)c2)cc1S(=O)(=O)N(C)C. The lowest BCUT2D eigenvalue weighted by atomic mass is 10.2. The van der Waals surface area contributed by atoms with E-state index >= 15 is 0 Å². The van der Waals surface area contributed by atoms with Crippen LogP contribution >= 0.6 is 11.6 Å². The van der Waals surface area contributed by atoms with Gasteiger partial charge in [0.2, 0.25) is 10.0 Å². The Bertz CT molecular complexity index is 848. The molecule has 2 aromatic rings. The van der Waals surface area contributed by atoms with Crippen molar-refractivity contribution in [2.24, 2.45) is 0 Å². The fourth-order valence-electron chi connectivity index (χ4n) is 1.99. The third-order valence-electron chi connectivity index (χ3n) is 3.29. The van der Waals surface area contributed by atoms with Crippen molar-refractivity contribution in [1.29, 1.82) is 0 Å². The van der Waals surface area contributed by atoms with Gasteiger partial charge in [0.1, 0.15) is 0 Å². The summed E-state index contributed by atoms with van der Waals surface area (Å²) in [5, 5.41) is 3.14. The molecule has 0 aliphatic rings. The van der Waals surface area contributed by atoms with Crippen molar-refractivity contribution in [3.05, 3.63) is 58.6 Å². The first-order valence-electron chi connectivity index (χ1n) is 6.82. The third kappa shape index (κ3) is 3.90. The Labute approximate surface area is 140 Å². The van der Waals surface area contributed by atoms with Crippen LogP contribution in [-0.2, 0) is 10.0 Å². The molecule has 0 bridgehead atoms. The minimum atomic E-state index is -3.58. The largest absolute Gasteiger partial charge is 0.322 e. The number of benzene rings is 2. The van der Waals surface area contributed by atoms with E-state index in [9.17, 15) is 13.2 Å². The van der Waals surface area contributed by atoms with Crippen LogP contribution in [0.3, 0.4) is 0 Å². The number of nitrogens with zero attached hydrogens (tertiary/aromatic N) is 1. The first-order chi connectivity index (χ1) is 10.7. The average molecular weight is 353 g/mol. The van der Waals surface area contributed by atoms with E-state index in [0.29, 0.717) is 21.8 Å². The number of carbonyl (C=O) groups excluding carboxylic acids is 1. The molecule has 0 aliphatic carbocycles. The van der Waals surface area contributed by atoms with Gasteiger partial charge in [-0.25, -0.2) is 12.7 Å². The van der Waals surface area contributed by atoms with Crippen molar-refractivity contribution >= 4 is 33.2 Å². The number of anilines is 1. The Morgan fingerprint density at radius 1 is 1.13 bits per heavy atom. The molecule has 23 heavy (non-hydrogen) atoms. The van der Waals surface area contributed by atoms with Gasteiger partial charge in [-0.05, 0) is 42.8 Å². The average Bonchev–Trinajstić information content (AvgIpc) is 2.48. The highest BCUT2D eigenvalue weighted by Gasteiger charge is 2.20. The second-order valence-corrected chi connectivity index (χ2v) is 7.79. The zero-order valence-electron chi connectivity index (χ0n) is 13.0. The summed E-state index contributed by atoms with van der Waals surface area (Å²) < 4.78 is 25.7. The van der Waals surface area contributed by atoms with E-state index in [0.717, 1.165) is 4.31 Å². The van der Waals surface area contributed by atoms with Crippen molar-refractivity contribution in [3.63, 3.8) is 0 Å². The Morgan fingerprint density at radius 2 is 1.83 bits per heavy atom. The van der Waals surface area contributed by atoms with Crippen LogP contribution in [-0.4, -0.2) is 32.7 Å². The minimum Gasteiger partial charge on any atom is -0.322 e. The van der Waals surface area contributed by atoms with Crippen molar-refractivity contribution in [2.75, 3.05) is 19.4 Å².